The summed E-state index contributed by atoms with van der Waals surface area (Å²) in [6.45, 7) is 13.4. The quantitative estimate of drug-likeness (QED) is 0.157. The molecule has 170 valence electrons. The molecule has 0 aromatic heterocycles. The number of hydrazine groups is 1. The van der Waals surface area contributed by atoms with E-state index in [1.807, 2.05) is 0 Å². The predicted octanol–water partition coefficient (Wildman–Crippen LogP) is 4.68. The Morgan fingerprint density at radius 3 is 1.36 bits per heavy atom. The maximum atomic E-state index is 5.88. The third-order valence-electron chi connectivity index (χ3n) is 4.93. The van der Waals surface area contributed by atoms with Gasteiger partial charge in [-0.3, -0.25) is 0 Å². The Hall–Kier alpha value is -0.240. The van der Waals surface area contributed by atoms with E-state index in [-0.39, 0.29) is 12.5 Å². The fraction of sp³-hybridized carbons (Fsp3) is 1.00. The molecule has 0 heterocycles. The summed E-state index contributed by atoms with van der Waals surface area (Å²) in [6.07, 6.45) is 8.89. The van der Waals surface area contributed by atoms with Gasteiger partial charge in [0.1, 0.15) is 12.5 Å². The van der Waals surface area contributed by atoms with Crippen molar-refractivity contribution < 1.29 is 18.9 Å². The summed E-state index contributed by atoms with van der Waals surface area (Å²) in [7, 11) is 3.54. The number of hydrogen-bond donors (Lipinski definition) is 0. The number of unbranched alkanes of at least 4 members (excludes halogenated alkanes) is 4. The zero-order valence-electron chi connectivity index (χ0n) is 19.6. The third kappa shape index (κ3) is 12.3. The van der Waals surface area contributed by atoms with Crippen LogP contribution in [-0.4, -0.2) is 76.2 Å². The minimum Gasteiger partial charge on any atom is -0.380 e. The maximum absolute atomic E-state index is 5.88. The molecule has 6 heteroatoms. The van der Waals surface area contributed by atoms with Crippen LogP contribution in [0.15, 0.2) is 0 Å². The van der Waals surface area contributed by atoms with Crippen LogP contribution in [0.2, 0.25) is 0 Å². The predicted molar refractivity (Wildman–Crippen MR) is 116 cm³/mol. The molecule has 2 unspecified atom stereocenters. The van der Waals surface area contributed by atoms with Gasteiger partial charge in [0.05, 0.1) is 13.2 Å². The van der Waals surface area contributed by atoms with Gasteiger partial charge in [0.2, 0.25) is 0 Å². The molecule has 0 amide bonds. The number of methoxy groups -OCH3 is 2. The van der Waals surface area contributed by atoms with Crippen molar-refractivity contribution >= 4 is 0 Å². The fourth-order valence-electron chi connectivity index (χ4n) is 3.27. The third-order valence-corrected chi connectivity index (χ3v) is 4.93. The van der Waals surface area contributed by atoms with Crippen LogP contribution in [-0.2, 0) is 18.9 Å². The van der Waals surface area contributed by atoms with E-state index in [1.165, 1.54) is 25.7 Å². The van der Waals surface area contributed by atoms with E-state index in [9.17, 15) is 0 Å². The van der Waals surface area contributed by atoms with Crippen molar-refractivity contribution in [2.24, 2.45) is 0 Å². The highest BCUT2D eigenvalue weighted by molar-refractivity contribution is 4.67. The van der Waals surface area contributed by atoms with E-state index in [0.29, 0.717) is 13.2 Å². The van der Waals surface area contributed by atoms with Gasteiger partial charge in [0, 0.05) is 40.5 Å². The van der Waals surface area contributed by atoms with Gasteiger partial charge < -0.3 is 18.9 Å². The lowest BCUT2D eigenvalue weighted by Crippen LogP contribution is -2.56. The van der Waals surface area contributed by atoms with Gasteiger partial charge in [0.25, 0.3) is 0 Å². The molecule has 0 aliphatic carbocycles. The Bertz CT molecular complexity index is 285. The summed E-state index contributed by atoms with van der Waals surface area (Å²) in [6, 6.07) is 0. The zero-order valence-corrected chi connectivity index (χ0v) is 19.6. The van der Waals surface area contributed by atoms with Crippen LogP contribution in [0.4, 0.5) is 0 Å². The van der Waals surface area contributed by atoms with E-state index in [1.54, 1.807) is 14.2 Å². The van der Waals surface area contributed by atoms with E-state index < -0.39 is 0 Å². The van der Waals surface area contributed by atoms with Crippen molar-refractivity contribution in [3.05, 3.63) is 0 Å². The number of nitrogens with zero attached hydrogens (tertiary/aromatic N) is 2. The average molecular weight is 405 g/mol. The standard InChI is InChI=1S/C22H48N2O4/c1-7-11-13-17-27-19-15-23(16-20-28-18-14-12-8-2)24(21(9-3)25-5)22(10-4)26-6/h21-22H,7-20H2,1-6H3. The Balaban J connectivity index is 4.84. The second-order valence-electron chi connectivity index (χ2n) is 7.17. The van der Waals surface area contributed by atoms with Crippen molar-refractivity contribution in [3.8, 4) is 0 Å². The highest BCUT2D eigenvalue weighted by Crippen LogP contribution is 2.17. The number of ether oxygens (including phenoxy) is 4. The lowest BCUT2D eigenvalue weighted by atomic mass is 10.3. The van der Waals surface area contributed by atoms with Crippen molar-refractivity contribution in [2.75, 3.05) is 53.7 Å². The van der Waals surface area contributed by atoms with Gasteiger partial charge >= 0.3 is 0 Å². The molecule has 0 spiro atoms. The summed E-state index contributed by atoms with van der Waals surface area (Å²) in [5.74, 6) is 0. The SMILES string of the molecule is CCCCCOCCN(CCOCCCCC)N(C(CC)OC)C(CC)OC. The van der Waals surface area contributed by atoms with Gasteiger partial charge in [-0.1, -0.05) is 53.4 Å². The molecule has 0 saturated carbocycles. The first-order valence-electron chi connectivity index (χ1n) is 11.4. The summed E-state index contributed by atoms with van der Waals surface area (Å²) < 4.78 is 23.3. The highest BCUT2D eigenvalue weighted by atomic mass is 16.5. The molecule has 0 radical (unpaired) electrons. The van der Waals surface area contributed by atoms with Gasteiger partial charge in [-0.05, 0) is 25.7 Å². The minimum absolute atomic E-state index is 0.0231. The molecule has 0 aliphatic rings. The van der Waals surface area contributed by atoms with E-state index >= 15 is 0 Å². The van der Waals surface area contributed by atoms with Gasteiger partial charge in [-0.25, -0.2) is 5.01 Å². The monoisotopic (exact) mass is 404 g/mol. The molecule has 2 atom stereocenters. The van der Waals surface area contributed by atoms with Crippen molar-refractivity contribution in [1.82, 2.24) is 10.0 Å². The first kappa shape index (κ1) is 27.8. The molecule has 6 nitrogen and oxygen atoms in total. The normalized spacial score (nSPS) is 14.1. The summed E-state index contributed by atoms with van der Waals surface area (Å²) in [5.41, 5.74) is 0. The maximum Gasteiger partial charge on any atom is 0.125 e. The molecule has 0 aromatic carbocycles. The molecule has 0 bridgehead atoms. The molecule has 0 N–H and O–H groups in total. The van der Waals surface area contributed by atoms with Crippen LogP contribution < -0.4 is 0 Å². The van der Waals surface area contributed by atoms with Crippen LogP contribution in [0.5, 0.6) is 0 Å². The molecule has 0 aromatic rings. The molecule has 0 aliphatic heterocycles. The van der Waals surface area contributed by atoms with Crippen molar-refractivity contribution in [1.29, 1.82) is 0 Å². The Morgan fingerprint density at radius 1 is 0.607 bits per heavy atom. The Kier molecular flexibility index (Phi) is 19.9. The van der Waals surface area contributed by atoms with Gasteiger partial charge in [-0.2, -0.15) is 5.01 Å². The smallest absolute Gasteiger partial charge is 0.125 e. The van der Waals surface area contributed by atoms with Crippen LogP contribution in [0.3, 0.4) is 0 Å². The van der Waals surface area contributed by atoms with Gasteiger partial charge in [-0.15, -0.1) is 0 Å². The van der Waals surface area contributed by atoms with Crippen LogP contribution in [0, 0.1) is 0 Å². The Labute approximate surface area is 174 Å². The molecule has 0 fully saturated rings. The van der Waals surface area contributed by atoms with Crippen LogP contribution in [0.25, 0.3) is 0 Å². The van der Waals surface area contributed by atoms with E-state index in [4.69, 9.17) is 18.9 Å². The minimum atomic E-state index is -0.0231. The van der Waals surface area contributed by atoms with Crippen LogP contribution >= 0.6 is 0 Å². The average Bonchev–Trinajstić information content (AvgIpc) is 2.72. The number of rotatable bonds is 21. The first-order chi connectivity index (χ1) is 13.7. The number of hydrogen-bond acceptors (Lipinski definition) is 6. The lowest BCUT2D eigenvalue weighted by molar-refractivity contribution is -0.240. The first-order valence-corrected chi connectivity index (χ1v) is 11.4. The fourth-order valence-corrected chi connectivity index (χ4v) is 3.27. The van der Waals surface area contributed by atoms with Gasteiger partial charge in [0.15, 0.2) is 0 Å². The highest BCUT2D eigenvalue weighted by Gasteiger charge is 2.29. The molecular weight excluding hydrogens is 356 g/mol. The zero-order chi connectivity index (χ0) is 21.0. The summed E-state index contributed by atoms with van der Waals surface area (Å²) in [5, 5.41) is 4.54. The van der Waals surface area contributed by atoms with Crippen molar-refractivity contribution in [2.45, 2.75) is 91.5 Å². The Morgan fingerprint density at radius 2 is 1.04 bits per heavy atom. The molecule has 0 saturated heterocycles. The lowest BCUT2D eigenvalue weighted by Gasteiger charge is -2.43. The summed E-state index contributed by atoms with van der Waals surface area (Å²) in [4.78, 5) is 0. The molecular formula is C22H48N2O4. The van der Waals surface area contributed by atoms with Crippen LogP contribution in [0.1, 0.15) is 79.1 Å². The second-order valence-corrected chi connectivity index (χ2v) is 7.17. The van der Waals surface area contributed by atoms with E-state index in [0.717, 1.165) is 52.0 Å². The van der Waals surface area contributed by atoms with E-state index in [2.05, 4.69) is 37.7 Å². The summed E-state index contributed by atoms with van der Waals surface area (Å²) >= 11 is 0. The second kappa shape index (κ2) is 20.0. The van der Waals surface area contributed by atoms with Crippen molar-refractivity contribution in [3.63, 3.8) is 0 Å². The largest absolute Gasteiger partial charge is 0.380 e. The molecule has 0 rings (SSSR count). The molecule has 28 heavy (non-hydrogen) atoms. The topological polar surface area (TPSA) is 43.4 Å².